The highest BCUT2D eigenvalue weighted by Gasteiger charge is 2.15. The molecule has 1 aliphatic heterocycles. The van der Waals surface area contributed by atoms with Gasteiger partial charge in [0.15, 0.2) is 0 Å². The van der Waals surface area contributed by atoms with E-state index < -0.39 is 17.1 Å². The van der Waals surface area contributed by atoms with Gasteiger partial charge < -0.3 is 15.2 Å². The summed E-state index contributed by atoms with van der Waals surface area (Å²) in [6.45, 7) is 3.76. The van der Waals surface area contributed by atoms with Crippen molar-refractivity contribution in [2.45, 2.75) is 19.3 Å². The minimum atomic E-state index is -0.763. The number of hydrogen-bond acceptors (Lipinski definition) is 4. The van der Waals surface area contributed by atoms with Gasteiger partial charge >= 0.3 is 5.69 Å². The highest BCUT2D eigenvalue weighted by Crippen LogP contribution is 2.13. The number of benzene rings is 2. The third kappa shape index (κ3) is 4.04. The third-order valence-electron chi connectivity index (χ3n) is 5.39. The molecule has 1 aliphatic rings. The standard InChI is InChI=1S/C22H23FN4O3/c23-17-6-1-2-7-19(17)27-21(29)16-9-8-15(14-18(16)25-22(27)30)20(28)24-10-5-13-26-11-3-4-12-26/h1-2,6-9,14H,3-5,10-13H2,(H,24,28)(H,25,30). The maximum atomic E-state index is 14.1. The largest absolute Gasteiger partial charge is 0.352 e. The summed E-state index contributed by atoms with van der Waals surface area (Å²) in [5, 5.41) is 3.07. The molecule has 1 amide bonds. The summed E-state index contributed by atoms with van der Waals surface area (Å²) < 4.78 is 14.8. The highest BCUT2D eigenvalue weighted by atomic mass is 19.1. The van der Waals surface area contributed by atoms with Crippen LogP contribution < -0.4 is 16.6 Å². The van der Waals surface area contributed by atoms with E-state index >= 15 is 0 Å². The van der Waals surface area contributed by atoms with Crippen LogP contribution in [0.2, 0.25) is 0 Å². The maximum absolute atomic E-state index is 14.1. The number of nitrogens with one attached hydrogen (secondary N) is 2. The molecule has 3 aromatic rings. The number of aromatic nitrogens is 2. The molecule has 0 aliphatic carbocycles. The molecule has 1 fully saturated rings. The number of H-pyrrole nitrogens is 1. The number of carbonyl (C=O) groups is 1. The molecule has 7 nitrogen and oxygen atoms in total. The molecular formula is C22H23FN4O3. The summed E-state index contributed by atoms with van der Waals surface area (Å²) in [5.74, 6) is -0.938. The molecule has 2 heterocycles. The molecule has 0 unspecified atom stereocenters. The second-order valence-electron chi connectivity index (χ2n) is 7.44. The first kappa shape index (κ1) is 20.0. The first-order chi connectivity index (χ1) is 14.5. The molecule has 0 bridgehead atoms. The van der Waals surface area contributed by atoms with Crippen LogP contribution in [0.4, 0.5) is 4.39 Å². The Labute approximate surface area is 172 Å². The van der Waals surface area contributed by atoms with Crippen LogP contribution in [0.5, 0.6) is 0 Å². The number of para-hydroxylation sites is 1. The first-order valence-corrected chi connectivity index (χ1v) is 10.1. The minimum Gasteiger partial charge on any atom is -0.352 e. The lowest BCUT2D eigenvalue weighted by Crippen LogP contribution is -2.34. The molecule has 0 saturated carbocycles. The Kier molecular flexibility index (Phi) is 5.76. The van der Waals surface area contributed by atoms with Crippen LogP contribution >= 0.6 is 0 Å². The van der Waals surface area contributed by atoms with E-state index in [1.165, 1.54) is 49.2 Å². The van der Waals surface area contributed by atoms with Crippen LogP contribution in [-0.2, 0) is 0 Å². The Hall–Kier alpha value is -3.26. The molecule has 0 radical (unpaired) electrons. The van der Waals surface area contributed by atoms with Crippen molar-refractivity contribution in [1.29, 1.82) is 0 Å². The van der Waals surface area contributed by atoms with Gasteiger partial charge in [0, 0.05) is 12.1 Å². The summed E-state index contributed by atoms with van der Waals surface area (Å²) in [6, 6.07) is 10.1. The zero-order valence-electron chi connectivity index (χ0n) is 16.5. The average Bonchev–Trinajstić information content (AvgIpc) is 3.25. The number of carbonyl (C=O) groups excluding carboxylic acids is 1. The molecule has 4 rings (SSSR count). The van der Waals surface area contributed by atoms with Crippen LogP contribution in [0.25, 0.3) is 16.6 Å². The fourth-order valence-corrected chi connectivity index (χ4v) is 3.82. The zero-order valence-corrected chi connectivity index (χ0v) is 16.5. The third-order valence-corrected chi connectivity index (χ3v) is 5.39. The zero-order chi connectivity index (χ0) is 21.1. The van der Waals surface area contributed by atoms with Gasteiger partial charge in [0.05, 0.1) is 16.6 Å². The molecule has 1 aromatic heterocycles. The van der Waals surface area contributed by atoms with Gasteiger partial charge in [-0.1, -0.05) is 12.1 Å². The number of rotatable bonds is 6. The van der Waals surface area contributed by atoms with E-state index in [1.54, 1.807) is 6.07 Å². The van der Waals surface area contributed by atoms with Gasteiger partial charge in [-0.2, -0.15) is 0 Å². The van der Waals surface area contributed by atoms with Gasteiger partial charge in [-0.05, 0) is 69.2 Å². The molecular weight excluding hydrogens is 387 g/mol. The molecule has 156 valence electrons. The van der Waals surface area contributed by atoms with Crippen molar-refractivity contribution in [1.82, 2.24) is 19.8 Å². The van der Waals surface area contributed by atoms with E-state index in [2.05, 4.69) is 15.2 Å². The smallest absolute Gasteiger partial charge is 0.333 e. The predicted octanol–water partition coefficient (Wildman–Crippen LogP) is 2.03. The molecule has 1 saturated heterocycles. The second kappa shape index (κ2) is 8.62. The number of likely N-dealkylation sites (tertiary alicyclic amines) is 1. The highest BCUT2D eigenvalue weighted by molar-refractivity contribution is 5.97. The SMILES string of the molecule is O=C(NCCCN1CCCC1)c1ccc2c(=O)n(-c3ccccc3F)c(=O)[nH]c2c1. The van der Waals surface area contributed by atoms with Crippen molar-refractivity contribution < 1.29 is 9.18 Å². The van der Waals surface area contributed by atoms with E-state index in [0.717, 1.165) is 30.6 Å². The van der Waals surface area contributed by atoms with Crippen molar-refractivity contribution in [3.8, 4) is 5.69 Å². The van der Waals surface area contributed by atoms with Crippen LogP contribution in [0.15, 0.2) is 52.1 Å². The van der Waals surface area contributed by atoms with Gasteiger partial charge in [-0.3, -0.25) is 9.59 Å². The Balaban J connectivity index is 1.54. The minimum absolute atomic E-state index is 0.120. The summed E-state index contributed by atoms with van der Waals surface area (Å²) in [6.07, 6.45) is 3.34. The monoisotopic (exact) mass is 410 g/mol. The van der Waals surface area contributed by atoms with Gasteiger partial charge in [-0.25, -0.2) is 13.8 Å². The number of amides is 1. The number of halogens is 1. The van der Waals surface area contributed by atoms with Crippen molar-refractivity contribution in [3.63, 3.8) is 0 Å². The summed E-state index contributed by atoms with van der Waals surface area (Å²) >= 11 is 0. The van der Waals surface area contributed by atoms with E-state index in [0.29, 0.717) is 12.1 Å². The Morgan fingerprint density at radius 2 is 1.87 bits per heavy atom. The fourth-order valence-electron chi connectivity index (χ4n) is 3.82. The molecule has 8 heteroatoms. The Morgan fingerprint density at radius 3 is 2.63 bits per heavy atom. The number of nitrogens with zero attached hydrogens (tertiary/aromatic N) is 2. The van der Waals surface area contributed by atoms with Crippen LogP contribution in [0, 0.1) is 5.82 Å². The molecule has 2 N–H and O–H groups in total. The van der Waals surface area contributed by atoms with Gasteiger partial charge in [0.2, 0.25) is 0 Å². The van der Waals surface area contributed by atoms with E-state index in [9.17, 15) is 18.8 Å². The van der Waals surface area contributed by atoms with Crippen LogP contribution in [0.3, 0.4) is 0 Å². The topological polar surface area (TPSA) is 87.2 Å². The summed E-state index contributed by atoms with van der Waals surface area (Å²) in [4.78, 5) is 42.6. The van der Waals surface area contributed by atoms with E-state index in [1.807, 2.05) is 0 Å². The van der Waals surface area contributed by atoms with E-state index in [-0.39, 0.29) is 22.5 Å². The molecule has 2 aromatic carbocycles. The van der Waals surface area contributed by atoms with Crippen molar-refractivity contribution in [2.75, 3.05) is 26.2 Å². The first-order valence-electron chi connectivity index (χ1n) is 10.1. The van der Waals surface area contributed by atoms with Gasteiger partial charge in [-0.15, -0.1) is 0 Å². The number of fused-ring (bicyclic) bond motifs is 1. The summed E-state index contributed by atoms with van der Waals surface area (Å²) in [5.41, 5.74) is -0.938. The average molecular weight is 410 g/mol. The normalized spacial score (nSPS) is 14.3. The quantitative estimate of drug-likeness (QED) is 0.609. The predicted molar refractivity (Wildman–Crippen MR) is 113 cm³/mol. The maximum Gasteiger partial charge on any atom is 0.333 e. The van der Waals surface area contributed by atoms with Gasteiger partial charge in [0.1, 0.15) is 5.82 Å². The van der Waals surface area contributed by atoms with E-state index in [4.69, 9.17) is 0 Å². The molecule has 30 heavy (non-hydrogen) atoms. The lowest BCUT2D eigenvalue weighted by atomic mass is 10.1. The number of hydrogen-bond donors (Lipinski definition) is 2. The summed E-state index contributed by atoms with van der Waals surface area (Å²) in [7, 11) is 0. The lowest BCUT2D eigenvalue weighted by Gasteiger charge is -2.14. The van der Waals surface area contributed by atoms with Crippen molar-refractivity contribution in [2.24, 2.45) is 0 Å². The second-order valence-corrected chi connectivity index (χ2v) is 7.44. The van der Waals surface area contributed by atoms with Crippen LogP contribution in [0.1, 0.15) is 29.6 Å². The molecule has 0 atom stereocenters. The van der Waals surface area contributed by atoms with Crippen molar-refractivity contribution >= 4 is 16.8 Å². The van der Waals surface area contributed by atoms with Crippen molar-refractivity contribution in [3.05, 3.63) is 74.7 Å². The van der Waals surface area contributed by atoms with Crippen LogP contribution in [-0.4, -0.2) is 46.5 Å². The Morgan fingerprint density at radius 1 is 1.10 bits per heavy atom. The Bertz CT molecular complexity index is 1190. The number of aromatic amines is 1. The molecule has 0 spiro atoms. The van der Waals surface area contributed by atoms with Gasteiger partial charge in [0.25, 0.3) is 11.5 Å². The lowest BCUT2D eigenvalue weighted by molar-refractivity contribution is 0.0952. The fraction of sp³-hybridized carbons (Fsp3) is 0.318.